The standard InChI is InChI=1S/C14H30N2O2/c1-8-13(5,6)18-11(4)9-14(7,12(15)17)16-10(2)3/h10-11,16H,8-9H2,1-7H3,(H2,15,17). The highest BCUT2D eigenvalue weighted by Gasteiger charge is 2.34. The fourth-order valence-electron chi connectivity index (χ4n) is 2.11. The third kappa shape index (κ3) is 5.83. The predicted octanol–water partition coefficient (Wildman–Crippen LogP) is 2.21. The molecule has 0 bridgehead atoms. The number of nitrogens with two attached hydrogens (primary N) is 1. The normalized spacial score (nSPS) is 17.6. The molecule has 0 aliphatic heterocycles. The number of hydrogen-bond donors (Lipinski definition) is 2. The van der Waals surface area contributed by atoms with Gasteiger partial charge in [0.05, 0.1) is 17.2 Å². The lowest BCUT2D eigenvalue weighted by Crippen LogP contribution is -2.57. The summed E-state index contributed by atoms with van der Waals surface area (Å²) in [5.41, 5.74) is 4.61. The van der Waals surface area contributed by atoms with Gasteiger partial charge in [-0.05, 0) is 48.0 Å². The van der Waals surface area contributed by atoms with E-state index in [1.54, 1.807) is 0 Å². The molecular formula is C14H30N2O2. The first kappa shape index (κ1) is 17.4. The van der Waals surface area contributed by atoms with Gasteiger partial charge in [-0.15, -0.1) is 0 Å². The average Bonchev–Trinajstić information content (AvgIpc) is 2.14. The predicted molar refractivity (Wildman–Crippen MR) is 75.4 cm³/mol. The van der Waals surface area contributed by atoms with E-state index in [1.807, 2.05) is 27.7 Å². The van der Waals surface area contributed by atoms with Crippen molar-refractivity contribution in [2.75, 3.05) is 0 Å². The highest BCUT2D eigenvalue weighted by atomic mass is 16.5. The van der Waals surface area contributed by atoms with Crippen LogP contribution in [-0.2, 0) is 9.53 Å². The Balaban J connectivity index is 4.65. The topological polar surface area (TPSA) is 64.3 Å². The van der Waals surface area contributed by atoms with Crippen molar-refractivity contribution in [3.8, 4) is 0 Å². The summed E-state index contributed by atoms with van der Waals surface area (Å²) < 4.78 is 5.97. The lowest BCUT2D eigenvalue weighted by atomic mass is 9.92. The molecule has 0 aliphatic carbocycles. The summed E-state index contributed by atoms with van der Waals surface area (Å²) in [5.74, 6) is -0.332. The molecule has 0 spiro atoms. The number of carbonyl (C=O) groups excluding carboxylic acids is 1. The number of hydrogen-bond acceptors (Lipinski definition) is 3. The molecule has 0 aromatic heterocycles. The molecule has 1 amide bonds. The molecule has 18 heavy (non-hydrogen) atoms. The molecule has 2 atom stereocenters. The van der Waals surface area contributed by atoms with Crippen molar-refractivity contribution < 1.29 is 9.53 Å². The molecule has 2 unspecified atom stereocenters. The van der Waals surface area contributed by atoms with Gasteiger partial charge in [-0.2, -0.15) is 0 Å². The van der Waals surface area contributed by atoms with E-state index in [0.717, 1.165) is 6.42 Å². The first-order chi connectivity index (χ1) is 8.02. The van der Waals surface area contributed by atoms with Gasteiger partial charge in [0.1, 0.15) is 0 Å². The molecule has 0 aromatic carbocycles. The van der Waals surface area contributed by atoms with Crippen molar-refractivity contribution in [3.63, 3.8) is 0 Å². The number of amides is 1. The number of rotatable bonds is 8. The second-order valence-electron chi connectivity index (χ2n) is 6.24. The summed E-state index contributed by atoms with van der Waals surface area (Å²) in [6, 6.07) is 0.203. The molecule has 0 aromatic rings. The number of nitrogens with one attached hydrogen (secondary N) is 1. The van der Waals surface area contributed by atoms with Gasteiger partial charge in [0, 0.05) is 12.5 Å². The van der Waals surface area contributed by atoms with Gasteiger partial charge < -0.3 is 15.8 Å². The van der Waals surface area contributed by atoms with E-state index >= 15 is 0 Å². The highest BCUT2D eigenvalue weighted by Crippen LogP contribution is 2.22. The summed E-state index contributed by atoms with van der Waals surface area (Å²) in [7, 11) is 0. The monoisotopic (exact) mass is 258 g/mol. The molecule has 4 heteroatoms. The summed E-state index contributed by atoms with van der Waals surface area (Å²) in [5, 5.41) is 3.24. The molecular weight excluding hydrogens is 228 g/mol. The Labute approximate surface area is 112 Å². The molecule has 0 radical (unpaired) electrons. The van der Waals surface area contributed by atoms with Gasteiger partial charge in [-0.3, -0.25) is 4.79 Å². The van der Waals surface area contributed by atoms with E-state index < -0.39 is 5.54 Å². The van der Waals surface area contributed by atoms with E-state index in [4.69, 9.17) is 10.5 Å². The van der Waals surface area contributed by atoms with Crippen LogP contribution < -0.4 is 11.1 Å². The van der Waals surface area contributed by atoms with Crippen LogP contribution in [0, 0.1) is 0 Å². The van der Waals surface area contributed by atoms with Crippen LogP contribution in [0.5, 0.6) is 0 Å². The van der Waals surface area contributed by atoms with Gasteiger partial charge in [-0.1, -0.05) is 6.92 Å². The van der Waals surface area contributed by atoms with Crippen LogP contribution >= 0.6 is 0 Å². The van der Waals surface area contributed by atoms with Gasteiger partial charge in [0.2, 0.25) is 5.91 Å². The summed E-state index contributed by atoms with van der Waals surface area (Å²) >= 11 is 0. The van der Waals surface area contributed by atoms with Crippen molar-refractivity contribution >= 4 is 5.91 Å². The van der Waals surface area contributed by atoms with Crippen LogP contribution in [-0.4, -0.2) is 29.2 Å². The minimum atomic E-state index is -0.725. The van der Waals surface area contributed by atoms with Gasteiger partial charge in [-0.25, -0.2) is 0 Å². The quantitative estimate of drug-likeness (QED) is 0.701. The highest BCUT2D eigenvalue weighted by molar-refractivity contribution is 5.84. The molecule has 0 aliphatic rings. The van der Waals surface area contributed by atoms with Gasteiger partial charge in [0.15, 0.2) is 0 Å². The molecule has 0 saturated heterocycles. The lowest BCUT2D eigenvalue weighted by Gasteiger charge is -2.35. The maximum Gasteiger partial charge on any atom is 0.237 e. The zero-order chi connectivity index (χ0) is 14.6. The van der Waals surface area contributed by atoms with E-state index in [-0.39, 0.29) is 23.7 Å². The largest absolute Gasteiger partial charge is 0.373 e. The van der Waals surface area contributed by atoms with Crippen LogP contribution in [0.4, 0.5) is 0 Å². The Morgan fingerprint density at radius 1 is 1.28 bits per heavy atom. The Morgan fingerprint density at radius 3 is 2.11 bits per heavy atom. The first-order valence-corrected chi connectivity index (χ1v) is 6.78. The fraction of sp³-hybridized carbons (Fsp3) is 0.929. The molecule has 0 fully saturated rings. The average molecular weight is 258 g/mol. The van der Waals surface area contributed by atoms with Crippen LogP contribution in [0.1, 0.15) is 61.3 Å². The number of carbonyl (C=O) groups is 1. The minimum absolute atomic E-state index is 0.0244. The molecule has 4 nitrogen and oxygen atoms in total. The van der Waals surface area contributed by atoms with Crippen molar-refractivity contribution in [1.29, 1.82) is 0 Å². The second kappa shape index (κ2) is 6.53. The molecule has 0 heterocycles. The summed E-state index contributed by atoms with van der Waals surface area (Å²) in [6.45, 7) is 14.0. The smallest absolute Gasteiger partial charge is 0.237 e. The second-order valence-corrected chi connectivity index (χ2v) is 6.24. The van der Waals surface area contributed by atoms with Crippen LogP contribution in [0.2, 0.25) is 0 Å². The van der Waals surface area contributed by atoms with E-state index in [0.29, 0.717) is 6.42 Å². The molecule has 0 rings (SSSR count). The van der Waals surface area contributed by atoms with Crippen LogP contribution in [0.3, 0.4) is 0 Å². The van der Waals surface area contributed by atoms with Crippen LogP contribution in [0.25, 0.3) is 0 Å². The fourth-order valence-corrected chi connectivity index (χ4v) is 2.11. The van der Waals surface area contributed by atoms with E-state index in [9.17, 15) is 4.79 Å². The van der Waals surface area contributed by atoms with Crippen molar-refractivity contribution in [3.05, 3.63) is 0 Å². The minimum Gasteiger partial charge on any atom is -0.373 e. The molecule has 3 N–H and O–H groups in total. The molecule has 108 valence electrons. The Kier molecular flexibility index (Phi) is 6.30. The lowest BCUT2D eigenvalue weighted by molar-refractivity contribution is -0.128. The third-order valence-electron chi connectivity index (χ3n) is 3.22. The summed E-state index contributed by atoms with van der Waals surface area (Å²) in [6.07, 6.45) is 1.48. The number of primary amides is 1. The van der Waals surface area contributed by atoms with Crippen LogP contribution in [0.15, 0.2) is 0 Å². The zero-order valence-electron chi connectivity index (χ0n) is 13.0. The first-order valence-electron chi connectivity index (χ1n) is 6.78. The van der Waals surface area contributed by atoms with Gasteiger partial charge >= 0.3 is 0 Å². The van der Waals surface area contributed by atoms with Crippen molar-refractivity contribution in [1.82, 2.24) is 5.32 Å². The maximum atomic E-state index is 11.6. The van der Waals surface area contributed by atoms with Gasteiger partial charge in [0.25, 0.3) is 0 Å². The maximum absolute atomic E-state index is 11.6. The SMILES string of the molecule is CCC(C)(C)OC(C)CC(C)(NC(C)C)C(N)=O. The van der Waals surface area contributed by atoms with Crippen molar-refractivity contribution in [2.45, 2.75) is 84.6 Å². The Hall–Kier alpha value is -0.610. The number of ether oxygens (including phenoxy) is 1. The third-order valence-corrected chi connectivity index (χ3v) is 3.22. The Bertz CT molecular complexity index is 277. The molecule has 0 saturated carbocycles. The van der Waals surface area contributed by atoms with E-state index in [1.165, 1.54) is 0 Å². The van der Waals surface area contributed by atoms with E-state index in [2.05, 4.69) is 26.1 Å². The van der Waals surface area contributed by atoms with Crippen molar-refractivity contribution in [2.24, 2.45) is 5.73 Å². The zero-order valence-corrected chi connectivity index (χ0v) is 13.0. The Morgan fingerprint density at radius 2 is 1.78 bits per heavy atom. The summed E-state index contributed by atoms with van der Waals surface area (Å²) in [4.78, 5) is 11.6.